The van der Waals surface area contributed by atoms with Crippen LogP contribution in [-0.4, -0.2) is 18.0 Å². The van der Waals surface area contributed by atoms with Crippen LogP contribution >= 0.6 is 0 Å². The standard InChI is InChI=1S/C12H12N2O4/c1-12(2,11(15)18-3)9-5-4-8(7-13)6-10(9)14(16)17/h4-6H,1-3H3. The summed E-state index contributed by atoms with van der Waals surface area (Å²) in [4.78, 5) is 22.0. The van der Waals surface area contributed by atoms with Gasteiger partial charge in [0.1, 0.15) is 0 Å². The van der Waals surface area contributed by atoms with E-state index in [9.17, 15) is 14.9 Å². The fraction of sp³-hybridized carbons (Fsp3) is 0.333. The molecule has 0 aromatic heterocycles. The number of rotatable bonds is 3. The predicted octanol–water partition coefficient (Wildman–Crippen LogP) is 1.92. The highest BCUT2D eigenvalue weighted by Gasteiger charge is 2.36. The zero-order valence-electron chi connectivity index (χ0n) is 10.3. The Labute approximate surface area is 104 Å². The number of nitro benzene ring substituents is 1. The van der Waals surface area contributed by atoms with Crippen LogP contribution in [0.2, 0.25) is 0 Å². The lowest BCUT2D eigenvalue weighted by Gasteiger charge is -2.21. The first kappa shape index (κ1) is 13.6. The number of hydrogen-bond donors (Lipinski definition) is 0. The Morgan fingerprint density at radius 1 is 1.50 bits per heavy atom. The molecule has 0 saturated carbocycles. The largest absolute Gasteiger partial charge is 0.468 e. The number of esters is 1. The average Bonchev–Trinajstić information content (AvgIpc) is 2.36. The highest BCUT2D eigenvalue weighted by molar-refractivity contribution is 5.83. The fourth-order valence-corrected chi connectivity index (χ4v) is 1.65. The third-order valence-corrected chi connectivity index (χ3v) is 2.69. The molecule has 0 amide bonds. The van der Waals surface area contributed by atoms with Gasteiger partial charge in [-0.05, 0) is 26.0 Å². The van der Waals surface area contributed by atoms with Gasteiger partial charge in [0.25, 0.3) is 5.69 Å². The van der Waals surface area contributed by atoms with E-state index in [1.807, 2.05) is 6.07 Å². The predicted molar refractivity (Wildman–Crippen MR) is 62.9 cm³/mol. The van der Waals surface area contributed by atoms with E-state index in [4.69, 9.17) is 5.26 Å². The van der Waals surface area contributed by atoms with Gasteiger partial charge < -0.3 is 4.74 Å². The van der Waals surface area contributed by atoms with Gasteiger partial charge in [-0.25, -0.2) is 0 Å². The summed E-state index contributed by atoms with van der Waals surface area (Å²) in [6, 6.07) is 5.82. The van der Waals surface area contributed by atoms with Crippen LogP contribution in [0.25, 0.3) is 0 Å². The first-order valence-corrected chi connectivity index (χ1v) is 5.12. The van der Waals surface area contributed by atoms with Crippen molar-refractivity contribution in [2.24, 2.45) is 0 Å². The number of carbonyl (C=O) groups excluding carboxylic acids is 1. The van der Waals surface area contributed by atoms with Gasteiger partial charge in [-0.3, -0.25) is 14.9 Å². The van der Waals surface area contributed by atoms with E-state index in [1.165, 1.54) is 33.1 Å². The molecule has 0 atom stereocenters. The van der Waals surface area contributed by atoms with Crippen LogP contribution in [0.15, 0.2) is 18.2 Å². The molecule has 0 spiro atoms. The Morgan fingerprint density at radius 2 is 2.11 bits per heavy atom. The zero-order valence-corrected chi connectivity index (χ0v) is 10.3. The Bertz CT molecular complexity index is 543. The summed E-state index contributed by atoms with van der Waals surface area (Å²) in [5.74, 6) is -0.574. The SMILES string of the molecule is COC(=O)C(C)(C)c1ccc(C#N)cc1[N+](=O)[O-]. The van der Waals surface area contributed by atoms with Crippen LogP contribution in [0.3, 0.4) is 0 Å². The molecule has 0 unspecified atom stereocenters. The van der Waals surface area contributed by atoms with Gasteiger partial charge >= 0.3 is 5.97 Å². The van der Waals surface area contributed by atoms with Crippen molar-refractivity contribution in [3.8, 4) is 6.07 Å². The van der Waals surface area contributed by atoms with Gasteiger partial charge in [0.2, 0.25) is 0 Å². The summed E-state index contributed by atoms with van der Waals surface area (Å²) in [6.45, 7) is 3.07. The Kier molecular flexibility index (Phi) is 3.67. The van der Waals surface area contributed by atoms with Crippen LogP contribution in [0.1, 0.15) is 25.0 Å². The van der Waals surface area contributed by atoms with Gasteiger partial charge in [0, 0.05) is 11.6 Å². The molecule has 6 heteroatoms. The van der Waals surface area contributed by atoms with Crippen molar-refractivity contribution in [2.45, 2.75) is 19.3 Å². The summed E-state index contributed by atoms with van der Waals surface area (Å²) in [5, 5.41) is 19.7. The molecule has 0 fully saturated rings. The molecule has 1 rings (SSSR count). The maximum Gasteiger partial charge on any atom is 0.315 e. The Balaban J connectivity index is 3.46. The van der Waals surface area contributed by atoms with Crippen LogP contribution in [0.5, 0.6) is 0 Å². The van der Waals surface area contributed by atoms with E-state index >= 15 is 0 Å². The molecule has 94 valence electrons. The van der Waals surface area contributed by atoms with Crippen molar-refractivity contribution < 1.29 is 14.5 Å². The van der Waals surface area contributed by atoms with Crippen molar-refractivity contribution in [1.82, 2.24) is 0 Å². The number of nitrogens with zero attached hydrogens (tertiary/aromatic N) is 2. The molecule has 1 aromatic carbocycles. The molecule has 1 aromatic rings. The van der Waals surface area contributed by atoms with E-state index in [-0.39, 0.29) is 16.8 Å². The number of benzene rings is 1. The summed E-state index contributed by atoms with van der Waals surface area (Å²) >= 11 is 0. The number of ether oxygens (including phenoxy) is 1. The summed E-state index contributed by atoms with van der Waals surface area (Å²) in [7, 11) is 1.22. The van der Waals surface area contributed by atoms with E-state index in [2.05, 4.69) is 4.74 Å². The molecular weight excluding hydrogens is 236 g/mol. The second-order valence-electron chi connectivity index (χ2n) is 4.22. The monoisotopic (exact) mass is 248 g/mol. The van der Waals surface area contributed by atoms with E-state index < -0.39 is 16.3 Å². The van der Waals surface area contributed by atoms with Crippen LogP contribution in [0.4, 0.5) is 5.69 Å². The minimum atomic E-state index is -1.15. The minimum Gasteiger partial charge on any atom is -0.468 e. The topological polar surface area (TPSA) is 93.2 Å². The first-order chi connectivity index (χ1) is 8.34. The van der Waals surface area contributed by atoms with Crippen LogP contribution in [0, 0.1) is 21.4 Å². The summed E-state index contributed by atoms with van der Waals surface area (Å²) < 4.78 is 4.63. The lowest BCUT2D eigenvalue weighted by molar-refractivity contribution is -0.386. The van der Waals surface area contributed by atoms with Crippen molar-refractivity contribution >= 4 is 11.7 Å². The lowest BCUT2D eigenvalue weighted by atomic mass is 9.83. The number of methoxy groups -OCH3 is 1. The quantitative estimate of drug-likeness (QED) is 0.462. The molecule has 0 radical (unpaired) electrons. The van der Waals surface area contributed by atoms with Crippen molar-refractivity contribution in [3.05, 3.63) is 39.4 Å². The molecule has 0 saturated heterocycles. The molecule has 0 aliphatic heterocycles. The Morgan fingerprint density at radius 3 is 2.56 bits per heavy atom. The van der Waals surface area contributed by atoms with Crippen LogP contribution in [-0.2, 0) is 14.9 Å². The number of hydrogen-bond acceptors (Lipinski definition) is 5. The molecule has 18 heavy (non-hydrogen) atoms. The van der Waals surface area contributed by atoms with Crippen LogP contribution < -0.4 is 0 Å². The second-order valence-corrected chi connectivity index (χ2v) is 4.22. The highest BCUT2D eigenvalue weighted by Crippen LogP contribution is 2.33. The highest BCUT2D eigenvalue weighted by atomic mass is 16.6. The van der Waals surface area contributed by atoms with Gasteiger partial charge in [0.05, 0.1) is 29.1 Å². The zero-order chi connectivity index (χ0) is 13.9. The molecule has 0 aliphatic rings. The molecule has 0 N–H and O–H groups in total. The normalized spacial score (nSPS) is 10.6. The molecular formula is C12H12N2O4. The maximum absolute atomic E-state index is 11.7. The van der Waals surface area contributed by atoms with Gasteiger partial charge in [-0.2, -0.15) is 5.26 Å². The third kappa shape index (κ3) is 2.30. The number of nitro groups is 1. The smallest absolute Gasteiger partial charge is 0.315 e. The molecule has 0 aliphatic carbocycles. The summed E-state index contributed by atoms with van der Waals surface area (Å²) in [6.07, 6.45) is 0. The Hall–Kier alpha value is -2.42. The minimum absolute atomic E-state index is 0.172. The van der Waals surface area contributed by atoms with Crippen molar-refractivity contribution in [1.29, 1.82) is 5.26 Å². The first-order valence-electron chi connectivity index (χ1n) is 5.12. The van der Waals surface area contributed by atoms with Crippen molar-refractivity contribution in [2.75, 3.05) is 7.11 Å². The van der Waals surface area contributed by atoms with E-state index in [1.54, 1.807) is 0 Å². The van der Waals surface area contributed by atoms with Crippen molar-refractivity contribution in [3.63, 3.8) is 0 Å². The van der Waals surface area contributed by atoms with Gasteiger partial charge in [-0.15, -0.1) is 0 Å². The summed E-state index contributed by atoms with van der Waals surface area (Å²) in [5.41, 5.74) is -1.01. The molecule has 6 nitrogen and oxygen atoms in total. The fourth-order valence-electron chi connectivity index (χ4n) is 1.65. The molecule has 0 heterocycles. The second kappa shape index (κ2) is 4.84. The molecule has 0 bridgehead atoms. The lowest BCUT2D eigenvalue weighted by Crippen LogP contribution is -2.31. The third-order valence-electron chi connectivity index (χ3n) is 2.69. The van der Waals surface area contributed by atoms with E-state index in [0.29, 0.717) is 0 Å². The maximum atomic E-state index is 11.7. The van der Waals surface area contributed by atoms with Gasteiger partial charge in [0.15, 0.2) is 0 Å². The number of carbonyl (C=O) groups is 1. The number of nitriles is 1. The van der Waals surface area contributed by atoms with Gasteiger partial charge in [-0.1, -0.05) is 0 Å². The average molecular weight is 248 g/mol. The van der Waals surface area contributed by atoms with E-state index in [0.717, 1.165) is 6.07 Å².